The molecule has 0 aliphatic rings. The van der Waals surface area contributed by atoms with Gasteiger partial charge >= 0.3 is 0 Å². The van der Waals surface area contributed by atoms with Crippen molar-refractivity contribution in [2.45, 2.75) is 0 Å². The molecule has 0 bridgehead atoms. The largest absolute Gasteiger partial charge is 0.507 e. The number of phenols is 1. The number of phenolic OH excluding ortho intramolecular Hbond substituents is 1. The molecule has 6 nitrogen and oxygen atoms in total. The number of nitrogens with two attached hydrogens (primary N) is 1. The number of fused-ring (bicyclic) bond motifs is 1. The molecule has 3 N–H and O–H groups in total. The first-order valence-corrected chi connectivity index (χ1v) is 6.83. The predicted octanol–water partition coefficient (Wildman–Crippen LogP) is 2.77. The molecule has 0 saturated carbocycles. The quantitative estimate of drug-likeness (QED) is 0.722. The van der Waals surface area contributed by atoms with Gasteiger partial charge in [0.1, 0.15) is 22.5 Å². The van der Waals surface area contributed by atoms with Gasteiger partial charge in [0.25, 0.3) is 0 Å². The van der Waals surface area contributed by atoms with Crippen molar-refractivity contribution in [2.75, 3.05) is 20.0 Å². The molecule has 3 aromatic rings. The number of ether oxygens (including phenoxy) is 2. The van der Waals surface area contributed by atoms with Crippen molar-refractivity contribution in [3.63, 3.8) is 0 Å². The van der Waals surface area contributed by atoms with Crippen molar-refractivity contribution >= 4 is 16.7 Å². The summed E-state index contributed by atoms with van der Waals surface area (Å²) in [7, 11) is 2.84. The number of anilines is 1. The van der Waals surface area contributed by atoms with Gasteiger partial charge in [0.2, 0.25) is 11.2 Å². The minimum absolute atomic E-state index is 0.0164. The first-order chi connectivity index (χ1) is 11.0. The maximum atomic E-state index is 12.6. The molecule has 0 spiro atoms. The van der Waals surface area contributed by atoms with E-state index in [-0.39, 0.29) is 28.2 Å². The van der Waals surface area contributed by atoms with E-state index >= 15 is 0 Å². The zero-order valence-electron chi connectivity index (χ0n) is 12.6. The van der Waals surface area contributed by atoms with E-state index in [1.807, 2.05) is 0 Å². The summed E-state index contributed by atoms with van der Waals surface area (Å²) in [6, 6.07) is 9.73. The van der Waals surface area contributed by atoms with Crippen molar-refractivity contribution in [1.82, 2.24) is 0 Å². The first-order valence-electron chi connectivity index (χ1n) is 6.83. The summed E-state index contributed by atoms with van der Waals surface area (Å²) in [5.41, 5.74) is 6.66. The van der Waals surface area contributed by atoms with Crippen LogP contribution in [0.5, 0.6) is 17.2 Å². The molecule has 0 aliphatic heterocycles. The van der Waals surface area contributed by atoms with Crippen LogP contribution >= 0.6 is 0 Å². The third-order valence-corrected chi connectivity index (χ3v) is 3.52. The number of hydrogen-bond donors (Lipinski definition) is 2. The molecule has 3 rings (SSSR count). The highest BCUT2D eigenvalue weighted by atomic mass is 16.5. The molecular weight excluding hydrogens is 298 g/mol. The van der Waals surface area contributed by atoms with E-state index in [1.165, 1.54) is 26.4 Å². The van der Waals surface area contributed by atoms with Crippen molar-refractivity contribution in [3.8, 4) is 28.6 Å². The normalized spacial score (nSPS) is 10.7. The predicted molar refractivity (Wildman–Crippen MR) is 87.1 cm³/mol. The molecule has 1 aromatic heterocycles. The highest BCUT2D eigenvalue weighted by molar-refractivity contribution is 5.88. The second-order valence-electron chi connectivity index (χ2n) is 4.94. The molecule has 0 amide bonds. The van der Waals surface area contributed by atoms with Crippen LogP contribution in [0.25, 0.3) is 22.3 Å². The zero-order chi connectivity index (χ0) is 16.6. The summed E-state index contributed by atoms with van der Waals surface area (Å²) < 4.78 is 16.1. The lowest BCUT2D eigenvalue weighted by molar-refractivity contribution is 0.394. The van der Waals surface area contributed by atoms with Crippen molar-refractivity contribution in [3.05, 3.63) is 46.6 Å². The second kappa shape index (κ2) is 5.57. The van der Waals surface area contributed by atoms with Gasteiger partial charge in [0.05, 0.1) is 14.2 Å². The van der Waals surface area contributed by atoms with Gasteiger partial charge in [-0.05, 0) is 24.3 Å². The monoisotopic (exact) mass is 313 g/mol. The zero-order valence-corrected chi connectivity index (χ0v) is 12.6. The maximum absolute atomic E-state index is 12.6. The summed E-state index contributed by atoms with van der Waals surface area (Å²) in [5, 5.41) is 10.1. The molecule has 2 aromatic carbocycles. The summed E-state index contributed by atoms with van der Waals surface area (Å²) >= 11 is 0. The standard InChI is InChI=1S/C17H15NO5/c1-21-11-7-12(19)14-13(8-11)23-16(17(22-2)15(14)20)9-3-5-10(18)6-4-9/h3-8,19H,18H2,1-2H3. The lowest BCUT2D eigenvalue weighted by Crippen LogP contribution is -2.08. The van der Waals surface area contributed by atoms with Crippen LogP contribution in [0.15, 0.2) is 45.6 Å². The Balaban J connectivity index is 2.37. The number of methoxy groups -OCH3 is 2. The SMILES string of the molecule is COc1cc(O)c2c(=O)c(OC)c(-c3ccc(N)cc3)oc2c1. The lowest BCUT2D eigenvalue weighted by atomic mass is 10.1. The number of hydrogen-bond acceptors (Lipinski definition) is 6. The van der Waals surface area contributed by atoms with Crippen LogP contribution in [0, 0.1) is 0 Å². The average Bonchev–Trinajstić information content (AvgIpc) is 2.54. The van der Waals surface area contributed by atoms with Gasteiger partial charge in [-0.3, -0.25) is 4.79 Å². The molecule has 0 saturated heterocycles. The minimum Gasteiger partial charge on any atom is -0.507 e. The molecule has 0 atom stereocenters. The summed E-state index contributed by atoms with van der Waals surface area (Å²) in [6.07, 6.45) is 0. The van der Waals surface area contributed by atoms with Crippen LogP contribution in [-0.2, 0) is 0 Å². The lowest BCUT2D eigenvalue weighted by Gasteiger charge is -2.11. The number of benzene rings is 2. The van der Waals surface area contributed by atoms with Gasteiger partial charge in [-0.2, -0.15) is 0 Å². The van der Waals surface area contributed by atoms with Crippen LogP contribution in [0.1, 0.15) is 0 Å². The highest BCUT2D eigenvalue weighted by Gasteiger charge is 2.20. The van der Waals surface area contributed by atoms with Gasteiger partial charge in [-0.1, -0.05) is 0 Å². The third kappa shape index (κ3) is 2.44. The van der Waals surface area contributed by atoms with E-state index in [0.29, 0.717) is 17.0 Å². The van der Waals surface area contributed by atoms with Crippen LogP contribution in [0.2, 0.25) is 0 Å². The summed E-state index contributed by atoms with van der Waals surface area (Å²) in [6.45, 7) is 0. The van der Waals surface area contributed by atoms with Gasteiger partial charge in [0.15, 0.2) is 5.76 Å². The molecule has 23 heavy (non-hydrogen) atoms. The Labute approximate surface area is 131 Å². The Morgan fingerprint density at radius 1 is 1.09 bits per heavy atom. The van der Waals surface area contributed by atoms with Crippen molar-refractivity contribution in [2.24, 2.45) is 0 Å². The minimum atomic E-state index is -0.458. The Morgan fingerprint density at radius 3 is 2.39 bits per heavy atom. The van der Waals surface area contributed by atoms with E-state index in [4.69, 9.17) is 19.6 Å². The maximum Gasteiger partial charge on any atom is 0.239 e. The first kappa shape index (κ1) is 14.8. The van der Waals surface area contributed by atoms with Crippen LogP contribution in [-0.4, -0.2) is 19.3 Å². The van der Waals surface area contributed by atoms with E-state index in [9.17, 15) is 9.90 Å². The average molecular weight is 313 g/mol. The molecule has 6 heteroatoms. The molecule has 0 radical (unpaired) electrons. The molecular formula is C17H15NO5. The van der Waals surface area contributed by atoms with Gasteiger partial charge in [0, 0.05) is 23.4 Å². The van der Waals surface area contributed by atoms with Crippen molar-refractivity contribution < 1.29 is 19.0 Å². The summed E-state index contributed by atoms with van der Waals surface area (Å²) in [4.78, 5) is 12.6. The Morgan fingerprint density at radius 2 is 1.78 bits per heavy atom. The Bertz CT molecular complexity index is 928. The second-order valence-corrected chi connectivity index (χ2v) is 4.94. The van der Waals surface area contributed by atoms with E-state index in [2.05, 4.69) is 0 Å². The van der Waals surface area contributed by atoms with E-state index in [1.54, 1.807) is 24.3 Å². The summed E-state index contributed by atoms with van der Waals surface area (Å²) in [5.74, 6) is 0.433. The van der Waals surface area contributed by atoms with E-state index < -0.39 is 5.43 Å². The molecule has 0 fully saturated rings. The fourth-order valence-electron chi connectivity index (χ4n) is 2.39. The fourth-order valence-corrected chi connectivity index (χ4v) is 2.39. The van der Waals surface area contributed by atoms with Crippen LogP contribution in [0.3, 0.4) is 0 Å². The Kier molecular flexibility index (Phi) is 3.57. The van der Waals surface area contributed by atoms with Gasteiger partial charge < -0.3 is 24.7 Å². The van der Waals surface area contributed by atoms with Gasteiger partial charge in [-0.25, -0.2) is 0 Å². The molecule has 0 aliphatic carbocycles. The molecule has 0 unspecified atom stereocenters. The molecule has 118 valence electrons. The smallest absolute Gasteiger partial charge is 0.239 e. The topological polar surface area (TPSA) is 94.9 Å². The van der Waals surface area contributed by atoms with E-state index in [0.717, 1.165) is 0 Å². The van der Waals surface area contributed by atoms with Crippen LogP contribution < -0.4 is 20.6 Å². The Hall–Kier alpha value is -3.15. The van der Waals surface area contributed by atoms with Gasteiger partial charge in [-0.15, -0.1) is 0 Å². The third-order valence-electron chi connectivity index (χ3n) is 3.52. The highest BCUT2D eigenvalue weighted by Crippen LogP contribution is 2.35. The fraction of sp³-hybridized carbons (Fsp3) is 0.118. The molecule has 1 heterocycles. The van der Waals surface area contributed by atoms with Crippen LogP contribution in [0.4, 0.5) is 5.69 Å². The number of aromatic hydroxyl groups is 1. The number of rotatable bonds is 3. The number of nitrogen functional groups attached to an aromatic ring is 1. The van der Waals surface area contributed by atoms with Crippen molar-refractivity contribution in [1.29, 1.82) is 0 Å².